The van der Waals surface area contributed by atoms with E-state index in [0.717, 1.165) is 0 Å². The van der Waals surface area contributed by atoms with Crippen LogP contribution in [0.1, 0.15) is 10.4 Å². The van der Waals surface area contributed by atoms with Crippen LogP contribution in [0.3, 0.4) is 0 Å². The number of ether oxygens (including phenoxy) is 1. The Balaban J connectivity index is 1.88. The summed E-state index contributed by atoms with van der Waals surface area (Å²) in [5.74, 6) is -1.17. The minimum absolute atomic E-state index is 0.149. The number of amides is 1. The molecule has 6 heteroatoms. The number of hydrogen-bond donors (Lipinski definition) is 2. The van der Waals surface area contributed by atoms with Crippen molar-refractivity contribution in [1.82, 2.24) is 10.2 Å². The van der Waals surface area contributed by atoms with E-state index in [1.807, 2.05) is 6.07 Å². The molecule has 96 valence electrons. The highest BCUT2D eigenvalue weighted by molar-refractivity contribution is 5.94. The van der Waals surface area contributed by atoms with Crippen LogP contribution in [0.15, 0.2) is 30.3 Å². The van der Waals surface area contributed by atoms with Crippen molar-refractivity contribution in [2.75, 3.05) is 20.0 Å². The van der Waals surface area contributed by atoms with Gasteiger partial charge in [-0.15, -0.1) is 0 Å². The molecule has 1 aliphatic rings. The highest BCUT2D eigenvalue weighted by Gasteiger charge is 2.31. The number of carboxylic acids is 1. The number of carbonyl (C=O) groups excluding carboxylic acids is 1. The molecule has 1 fully saturated rings. The van der Waals surface area contributed by atoms with Crippen LogP contribution in [-0.2, 0) is 9.53 Å². The standard InChI is InChI=1S/C12H14N2O4/c15-11(9-4-2-1-3-5-9)13-7-14-8-18-6-10(14)12(16)17/h1-5,10H,6-8H2,(H,13,15)(H,16,17). The Morgan fingerprint density at radius 3 is 2.78 bits per heavy atom. The number of carbonyl (C=O) groups is 2. The van der Waals surface area contributed by atoms with Crippen molar-refractivity contribution in [3.05, 3.63) is 35.9 Å². The lowest BCUT2D eigenvalue weighted by Crippen LogP contribution is -2.44. The van der Waals surface area contributed by atoms with Crippen molar-refractivity contribution in [2.24, 2.45) is 0 Å². The molecule has 0 radical (unpaired) electrons. The molecule has 0 saturated carbocycles. The van der Waals surface area contributed by atoms with E-state index in [9.17, 15) is 9.59 Å². The smallest absolute Gasteiger partial charge is 0.323 e. The first-order chi connectivity index (χ1) is 8.68. The fourth-order valence-corrected chi connectivity index (χ4v) is 1.73. The lowest BCUT2D eigenvalue weighted by molar-refractivity contribution is -0.141. The molecule has 2 N–H and O–H groups in total. The number of benzene rings is 1. The molecule has 1 aliphatic heterocycles. The van der Waals surface area contributed by atoms with Gasteiger partial charge >= 0.3 is 5.97 Å². The van der Waals surface area contributed by atoms with Gasteiger partial charge in [0.2, 0.25) is 0 Å². The maximum absolute atomic E-state index is 11.8. The van der Waals surface area contributed by atoms with Gasteiger partial charge in [-0.1, -0.05) is 18.2 Å². The lowest BCUT2D eigenvalue weighted by Gasteiger charge is -2.19. The topological polar surface area (TPSA) is 78.9 Å². The summed E-state index contributed by atoms with van der Waals surface area (Å²) in [6.45, 7) is 0.521. The van der Waals surface area contributed by atoms with E-state index in [-0.39, 0.29) is 25.9 Å². The summed E-state index contributed by atoms with van der Waals surface area (Å²) in [6, 6.07) is 8.07. The van der Waals surface area contributed by atoms with Crippen LogP contribution in [0.5, 0.6) is 0 Å². The Morgan fingerprint density at radius 2 is 2.11 bits per heavy atom. The van der Waals surface area contributed by atoms with E-state index in [1.54, 1.807) is 29.2 Å². The first-order valence-electron chi connectivity index (χ1n) is 5.56. The molecule has 1 amide bonds. The normalized spacial score (nSPS) is 19.7. The van der Waals surface area contributed by atoms with E-state index < -0.39 is 12.0 Å². The van der Waals surface area contributed by atoms with Crippen LogP contribution in [0.4, 0.5) is 0 Å². The van der Waals surface area contributed by atoms with Crippen LogP contribution < -0.4 is 5.32 Å². The molecule has 0 bridgehead atoms. The van der Waals surface area contributed by atoms with Gasteiger partial charge in [-0.2, -0.15) is 0 Å². The third kappa shape index (κ3) is 2.85. The summed E-state index contributed by atoms with van der Waals surface area (Å²) in [6.07, 6.45) is 0. The molecule has 1 heterocycles. The molecular weight excluding hydrogens is 236 g/mol. The molecule has 18 heavy (non-hydrogen) atoms. The maximum Gasteiger partial charge on any atom is 0.323 e. The van der Waals surface area contributed by atoms with Crippen molar-refractivity contribution in [3.8, 4) is 0 Å². The van der Waals surface area contributed by atoms with Crippen molar-refractivity contribution in [3.63, 3.8) is 0 Å². The zero-order valence-corrected chi connectivity index (χ0v) is 9.70. The molecule has 6 nitrogen and oxygen atoms in total. The number of rotatable bonds is 4. The van der Waals surface area contributed by atoms with Gasteiger partial charge in [0.25, 0.3) is 5.91 Å². The second kappa shape index (κ2) is 5.61. The molecule has 0 spiro atoms. The third-order valence-electron chi connectivity index (χ3n) is 2.74. The van der Waals surface area contributed by atoms with Gasteiger partial charge in [0.15, 0.2) is 0 Å². The zero-order chi connectivity index (χ0) is 13.0. The van der Waals surface area contributed by atoms with Gasteiger partial charge in [0.1, 0.15) is 12.8 Å². The van der Waals surface area contributed by atoms with Crippen LogP contribution in [-0.4, -0.2) is 47.9 Å². The van der Waals surface area contributed by atoms with E-state index in [1.165, 1.54) is 0 Å². The van der Waals surface area contributed by atoms with Gasteiger partial charge < -0.3 is 15.2 Å². The van der Waals surface area contributed by atoms with Crippen LogP contribution in [0.25, 0.3) is 0 Å². The second-order valence-corrected chi connectivity index (χ2v) is 3.97. The van der Waals surface area contributed by atoms with Gasteiger partial charge in [-0.3, -0.25) is 9.59 Å². The van der Waals surface area contributed by atoms with Crippen molar-refractivity contribution in [2.45, 2.75) is 6.04 Å². The molecule has 1 atom stereocenters. The Morgan fingerprint density at radius 1 is 1.39 bits per heavy atom. The van der Waals surface area contributed by atoms with Crippen LogP contribution in [0.2, 0.25) is 0 Å². The predicted molar refractivity (Wildman–Crippen MR) is 62.9 cm³/mol. The summed E-state index contributed by atoms with van der Waals surface area (Å²) in [7, 11) is 0. The summed E-state index contributed by atoms with van der Waals surface area (Å²) in [5, 5.41) is 11.6. The largest absolute Gasteiger partial charge is 0.480 e. The van der Waals surface area contributed by atoms with E-state index >= 15 is 0 Å². The number of aliphatic carboxylic acids is 1. The number of nitrogens with one attached hydrogen (secondary N) is 1. The van der Waals surface area contributed by atoms with Crippen LogP contribution in [0, 0.1) is 0 Å². The minimum Gasteiger partial charge on any atom is -0.480 e. The molecular formula is C12H14N2O4. The fourth-order valence-electron chi connectivity index (χ4n) is 1.73. The quantitative estimate of drug-likeness (QED) is 0.793. The Labute approximate surface area is 104 Å². The SMILES string of the molecule is O=C(NCN1COCC1C(=O)O)c1ccccc1. The first-order valence-corrected chi connectivity index (χ1v) is 5.56. The van der Waals surface area contributed by atoms with Crippen molar-refractivity contribution < 1.29 is 19.4 Å². The van der Waals surface area contributed by atoms with Gasteiger partial charge in [0.05, 0.1) is 13.3 Å². The lowest BCUT2D eigenvalue weighted by atomic mass is 10.2. The molecule has 1 saturated heterocycles. The summed E-state index contributed by atoms with van der Waals surface area (Å²) < 4.78 is 5.06. The Kier molecular flexibility index (Phi) is 3.91. The summed E-state index contributed by atoms with van der Waals surface area (Å²) in [5.41, 5.74) is 0.546. The average molecular weight is 250 g/mol. The zero-order valence-electron chi connectivity index (χ0n) is 9.70. The predicted octanol–water partition coefficient (Wildman–Crippen LogP) is 0.117. The summed E-state index contributed by atoms with van der Waals surface area (Å²) in [4.78, 5) is 24.2. The molecule has 0 aliphatic carbocycles. The monoisotopic (exact) mass is 250 g/mol. The number of carboxylic acid groups (broad SMARTS) is 1. The van der Waals surface area contributed by atoms with Crippen molar-refractivity contribution in [1.29, 1.82) is 0 Å². The highest BCUT2D eigenvalue weighted by Crippen LogP contribution is 2.08. The van der Waals surface area contributed by atoms with Crippen LogP contribution >= 0.6 is 0 Å². The van der Waals surface area contributed by atoms with E-state index in [4.69, 9.17) is 9.84 Å². The average Bonchev–Trinajstić information content (AvgIpc) is 2.85. The fraction of sp³-hybridized carbons (Fsp3) is 0.333. The Hall–Kier alpha value is -1.92. The molecule has 0 aromatic heterocycles. The molecule has 1 unspecified atom stereocenters. The third-order valence-corrected chi connectivity index (χ3v) is 2.74. The Bertz CT molecular complexity index is 435. The number of hydrogen-bond acceptors (Lipinski definition) is 4. The van der Waals surface area contributed by atoms with E-state index in [2.05, 4.69) is 5.32 Å². The number of nitrogens with zero attached hydrogens (tertiary/aromatic N) is 1. The maximum atomic E-state index is 11.8. The van der Waals surface area contributed by atoms with Gasteiger partial charge in [-0.05, 0) is 12.1 Å². The summed E-state index contributed by atoms with van der Waals surface area (Å²) >= 11 is 0. The minimum atomic E-state index is -0.943. The van der Waals surface area contributed by atoms with Gasteiger partial charge in [-0.25, -0.2) is 4.90 Å². The highest BCUT2D eigenvalue weighted by atomic mass is 16.5. The van der Waals surface area contributed by atoms with Gasteiger partial charge in [0, 0.05) is 5.56 Å². The second-order valence-electron chi connectivity index (χ2n) is 3.97. The molecule has 1 aromatic rings. The first kappa shape index (κ1) is 12.5. The molecule has 2 rings (SSSR count). The van der Waals surface area contributed by atoms with E-state index in [0.29, 0.717) is 5.56 Å². The molecule has 1 aromatic carbocycles. The van der Waals surface area contributed by atoms with Crippen molar-refractivity contribution >= 4 is 11.9 Å².